The van der Waals surface area contributed by atoms with Crippen molar-refractivity contribution in [1.29, 1.82) is 0 Å². The van der Waals surface area contributed by atoms with Crippen LogP contribution in [0.4, 0.5) is 5.69 Å². The quantitative estimate of drug-likeness (QED) is 0.581. The molecule has 0 atom stereocenters. The maximum absolute atomic E-state index is 13.4. The van der Waals surface area contributed by atoms with Gasteiger partial charge in [0.15, 0.2) is 0 Å². The molecule has 1 fully saturated rings. The van der Waals surface area contributed by atoms with Gasteiger partial charge in [-0.2, -0.15) is 0 Å². The van der Waals surface area contributed by atoms with E-state index in [-0.39, 0.29) is 39.1 Å². The Kier molecular flexibility index (Phi) is 7.66. The molecule has 1 aliphatic rings. The normalized spacial score (nSPS) is 15.4. The first-order valence-corrected chi connectivity index (χ1v) is 12.3. The van der Waals surface area contributed by atoms with Gasteiger partial charge in [0.1, 0.15) is 6.54 Å². The van der Waals surface area contributed by atoms with Gasteiger partial charge in [0, 0.05) is 6.04 Å². The average molecular weight is 469 g/mol. The van der Waals surface area contributed by atoms with Crippen LogP contribution in [0.5, 0.6) is 0 Å². The van der Waals surface area contributed by atoms with E-state index in [9.17, 15) is 13.2 Å². The monoisotopic (exact) mass is 468 g/mol. The molecule has 162 valence electrons. The van der Waals surface area contributed by atoms with Crippen molar-refractivity contribution >= 4 is 44.8 Å². The number of carbonyl (C=O) groups is 1. The van der Waals surface area contributed by atoms with Crippen LogP contribution in [-0.4, -0.2) is 26.9 Å². The molecule has 8 heteroatoms. The summed E-state index contributed by atoms with van der Waals surface area (Å²) in [6.07, 6.45) is 6.28. The zero-order valence-corrected chi connectivity index (χ0v) is 19.2. The molecule has 1 saturated carbocycles. The number of aryl methyl sites for hydroxylation is 1. The standard InChI is InChI=1S/C22H26Cl2N2O3S/c1-16-11-13-18(14-12-16)30(28,29)26(20-10-6-9-19(23)22(20)24)15-21(27)25-17-7-4-2-3-5-8-17/h6,9-14,17H,2-5,7-8,15H2,1H3,(H,25,27). The molecule has 0 radical (unpaired) electrons. The number of halogens is 2. The third-order valence-corrected chi connectivity index (χ3v) is 7.90. The Hall–Kier alpha value is -1.76. The highest BCUT2D eigenvalue weighted by Crippen LogP contribution is 2.35. The molecule has 1 amide bonds. The van der Waals surface area contributed by atoms with Gasteiger partial charge in [-0.15, -0.1) is 0 Å². The van der Waals surface area contributed by atoms with Crippen molar-refractivity contribution in [3.05, 3.63) is 58.1 Å². The highest BCUT2D eigenvalue weighted by atomic mass is 35.5. The molecular weight excluding hydrogens is 443 g/mol. The minimum absolute atomic E-state index is 0.0683. The molecule has 0 saturated heterocycles. The van der Waals surface area contributed by atoms with E-state index in [0.29, 0.717) is 0 Å². The summed E-state index contributed by atoms with van der Waals surface area (Å²) in [5, 5.41) is 3.32. The van der Waals surface area contributed by atoms with E-state index in [1.54, 1.807) is 30.3 Å². The lowest BCUT2D eigenvalue weighted by molar-refractivity contribution is -0.120. The zero-order valence-electron chi connectivity index (χ0n) is 16.9. The summed E-state index contributed by atoms with van der Waals surface area (Å²) in [6, 6.07) is 11.3. The number of nitrogens with one attached hydrogen (secondary N) is 1. The summed E-state index contributed by atoms with van der Waals surface area (Å²) in [6.45, 7) is 1.51. The number of hydrogen-bond acceptors (Lipinski definition) is 3. The fourth-order valence-electron chi connectivity index (χ4n) is 3.65. The Morgan fingerprint density at radius 2 is 1.67 bits per heavy atom. The molecule has 2 aromatic rings. The highest BCUT2D eigenvalue weighted by Gasteiger charge is 2.30. The number of nitrogens with zero attached hydrogens (tertiary/aromatic N) is 1. The summed E-state index contributed by atoms with van der Waals surface area (Å²) in [7, 11) is -4.02. The zero-order chi connectivity index (χ0) is 21.7. The summed E-state index contributed by atoms with van der Waals surface area (Å²) in [5.74, 6) is -0.353. The van der Waals surface area contributed by atoms with Crippen molar-refractivity contribution < 1.29 is 13.2 Å². The number of sulfonamides is 1. The number of hydrogen-bond donors (Lipinski definition) is 1. The molecule has 3 rings (SSSR count). The minimum atomic E-state index is -4.02. The Labute approximate surface area is 188 Å². The maximum atomic E-state index is 13.4. The maximum Gasteiger partial charge on any atom is 0.264 e. The van der Waals surface area contributed by atoms with Crippen LogP contribution in [0.2, 0.25) is 10.0 Å². The lowest BCUT2D eigenvalue weighted by Gasteiger charge is -2.26. The first-order valence-electron chi connectivity index (χ1n) is 10.1. The number of rotatable bonds is 6. The van der Waals surface area contributed by atoms with Crippen molar-refractivity contribution in [2.45, 2.75) is 56.4 Å². The van der Waals surface area contributed by atoms with Gasteiger partial charge in [-0.05, 0) is 44.0 Å². The fourth-order valence-corrected chi connectivity index (χ4v) is 5.53. The third-order valence-electron chi connectivity index (χ3n) is 5.32. The molecule has 0 spiro atoms. The predicted molar refractivity (Wildman–Crippen MR) is 122 cm³/mol. The van der Waals surface area contributed by atoms with E-state index in [1.807, 2.05) is 6.92 Å². The van der Waals surface area contributed by atoms with E-state index >= 15 is 0 Å². The van der Waals surface area contributed by atoms with Crippen molar-refractivity contribution in [3.8, 4) is 0 Å². The molecule has 0 bridgehead atoms. The molecule has 0 unspecified atom stereocenters. The fraction of sp³-hybridized carbons (Fsp3) is 0.409. The van der Waals surface area contributed by atoms with E-state index in [4.69, 9.17) is 23.2 Å². The van der Waals surface area contributed by atoms with Gasteiger partial charge in [0.05, 0.1) is 20.6 Å². The number of carbonyl (C=O) groups excluding carboxylic acids is 1. The second kappa shape index (κ2) is 10.0. The first-order chi connectivity index (χ1) is 14.3. The van der Waals surface area contributed by atoms with Crippen LogP contribution in [0, 0.1) is 6.92 Å². The molecule has 0 aliphatic heterocycles. The van der Waals surface area contributed by atoms with Crippen molar-refractivity contribution in [1.82, 2.24) is 5.32 Å². The highest BCUT2D eigenvalue weighted by molar-refractivity contribution is 7.92. The van der Waals surface area contributed by atoms with Crippen LogP contribution in [0.25, 0.3) is 0 Å². The SMILES string of the molecule is Cc1ccc(S(=O)(=O)N(CC(=O)NC2CCCCCC2)c2cccc(Cl)c2Cl)cc1. The second-order valence-electron chi connectivity index (χ2n) is 7.65. The van der Waals surface area contributed by atoms with E-state index < -0.39 is 10.0 Å². The van der Waals surface area contributed by atoms with Crippen LogP contribution in [-0.2, 0) is 14.8 Å². The largest absolute Gasteiger partial charge is 0.352 e. The lowest BCUT2D eigenvalue weighted by atomic mass is 10.1. The van der Waals surface area contributed by atoms with Gasteiger partial charge < -0.3 is 5.32 Å². The van der Waals surface area contributed by atoms with Gasteiger partial charge in [-0.3, -0.25) is 9.10 Å². The van der Waals surface area contributed by atoms with Gasteiger partial charge in [0.2, 0.25) is 5.91 Å². The van der Waals surface area contributed by atoms with Crippen LogP contribution in [0.1, 0.15) is 44.1 Å². The van der Waals surface area contributed by atoms with Crippen LogP contribution < -0.4 is 9.62 Å². The Morgan fingerprint density at radius 1 is 1.03 bits per heavy atom. The molecule has 2 aromatic carbocycles. The topological polar surface area (TPSA) is 66.5 Å². The minimum Gasteiger partial charge on any atom is -0.352 e. The summed E-state index contributed by atoms with van der Waals surface area (Å²) in [4.78, 5) is 12.9. The van der Waals surface area contributed by atoms with Crippen LogP contribution >= 0.6 is 23.2 Å². The Balaban J connectivity index is 1.92. The van der Waals surface area contributed by atoms with Crippen LogP contribution in [0.3, 0.4) is 0 Å². The average Bonchev–Trinajstić information content (AvgIpc) is 2.97. The molecule has 0 aromatic heterocycles. The van der Waals surface area contributed by atoms with Gasteiger partial charge in [-0.1, -0.05) is 72.6 Å². The summed E-state index contributed by atoms with van der Waals surface area (Å²) < 4.78 is 27.9. The van der Waals surface area contributed by atoms with Crippen molar-refractivity contribution in [3.63, 3.8) is 0 Å². The van der Waals surface area contributed by atoms with E-state index in [1.165, 1.54) is 25.0 Å². The number of anilines is 1. The predicted octanol–water partition coefficient (Wildman–Crippen LogP) is 5.34. The number of amides is 1. The molecule has 5 nitrogen and oxygen atoms in total. The number of benzene rings is 2. The molecular formula is C22H26Cl2N2O3S. The lowest BCUT2D eigenvalue weighted by Crippen LogP contribution is -2.44. The summed E-state index contributed by atoms with van der Waals surface area (Å²) >= 11 is 12.5. The smallest absolute Gasteiger partial charge is 0.264 e. The Morgan fingerprint density at radius 3 is 2.30 bits per heavy atom. The third kappa shape index (κ3) is 5.48. The first kappa shape index (κ1) is 22.9. The molecule has 0 heterocycles. The van der Waals surface area contributed by atoms with Crippen molar-refractivity contribution in [2.24, 2.45) is 0 Å². The molecule has 1 aliphatic carbocycles. The van der Waals surface area contributed by atoms with Gasteiger partial charge >= 0.3 is 0 Å². The van der Waals surface area contributed by atoms with Crippen LogP contribution in [0.15, 0.2) is 47.4 Å². The molecule has 1 N–H and O–H groups in total. The van der Waals surface area contributed by atoms with E-state index in [0.717, 1.165) is 35.6 Å². The molecule has 30 heavy (non-hydrogen) atoms. The summed E-state index contributed by atoms with van der Waals surface area (Å²) in [5.41, 5.74) is 1.12. The second-order valence-corrected chi connectivity index (χ2v) is 10.3. The Bertz CT molecular complexity index is 986. The van der Waals surface area contributed by atoms with Gasteiger partial charge in [-0.25, -0.2) is 8.42 Å². The van der Waals surface area contributed by atoms with Crippen molar-refractivity contribution in [2.75, 3.05) is 10.8 Å². The van der Waals surface area contributed by atoms with E-state index in [2.05, 4.69) is 5.32 Å². The van der Waals surface area contributed by atoms with Gasteiger partial charge in [0.25, 0.3) is 10.0 Å².